The van der Waals surface area contributed by atoms with E-state index in [4.69, 9.17) is 11.6 Å². The maximum absolute atomic E-state index is 11.8. The van der Waals surface area contributed by atoms with E-state index in [0.717, 1.165) is 0 Å². The first-order valence-electron chi connectivity index (χ1n) is 4.94. The summed E-state index contributed by atoms with van der Waals surface area (Å²) < 4.78 is 1.49. The molecule has 2 heterocycles. The highest BCUT2D eigenvalue weighted by Crippen LogP contribution is 2.15. The van der Waals surface area contributed by atoms with Gasteiger partial charge in [-0.25, -0.2) is 9.67 Å². The topological polar surface area (TPSA) is 63.6 Å². The van der Waals surface area contributed by atoms with Crippen molar-refractivity contribution in [3.05, 3.63) is 52.0 Å². The van der Waals surface area contributed by atoms with Gasteiger partial charge in [0.2, 0.25) is 5.95 Å². The first-order valence-corrected chi connectivity index (χ1v) is 5.31. The average Bonchev–Trinajstić information content (AvgIpc) is 2.81. The molecule has 84 valence electrons. The van der Waals surface area contributed by atoms with Crippen LogP contribution >= 0.6 is 11.6 Å². The Morgan fingerprint density at radius 2 is 2.24 bits per heavy atom. The number of benzene rings is 1. The van der Waals surface area contributed by atoms with Crippen LogP contribution in [0.15, 0.2) is 41.5 Å². The fourth-order valence-corrected chi connectivity index (χ4v) is 1.77. The predicted octanol–water partition coefficient (Wildman–Crippen LogP) is 1.76. The molecule has 17 heavy (non-hydrogen) atoms. The molecule has 0 atom stereocenters. The summed E-state index contributed by atoms with van der Waals surface area (Å²) in [6.07, 6.45) is 3.32. The molecule has 0 radical (unpaired) electrons. The summed E-state index contributed by atoms with van der Waals surface area (Å²) in [7, 11) is 0. The SMILES string of the molecule is O=c1[nH]c(-n2cccn2)nc2cc(Cl)ccc12. The second kappa shape index (κ2) is 3.71. The van der Waals surface area contributed by atoms with Crippen LogP contribution in [0.5, 0.6) is 0 Å². The molecule has 3 rings (SSSR count). The molecule has 0 aliphatic heterocycles. The van der Waals surface area contributed by atoms with E-state index >= 15 is 0 Å². The maximum Gasteiger partial charge on any atom is 0.260 e. The lowest BCUT2D eigenvalue weighted by molar-refractivity contribution is 0.810. The molecule has 3 aromatic rings. The summed E-state index contributed by atoms with van der Waals surface area (Å²) >= 11 is 5.87. The Labute approximate surface area is 101 Å². The zero-order valence-corrected chi connectivity index (χ0v) is 9.35. The smallest absolute Gasteiger partial charge is 0.260 e. The second-order valence-corrected chi connectivity index (χ2v) is 3.94. The fraction of sp³-hybridized carbons (Fsp3) is 0. The van der Waals surface area contributed by atoms with E-state index in [2.05, 4.69) is 15.1 Å². The molecule has 0 bridgehead atoms. The average molecular weight is 247 g/mol. The van der Waals surface area contributed by atoms with E-state index in [1.54, 1.807) is 36.7 Å². The maximum atomic E-state index is 11.8. The van der Waals surface area contributed by atoms with Crippen molar-refractivity contribution < 1.29 is 0 Å². The lowest BCUT2D eigenvalue weighted by Gasteiger charge is -2.02. The van der Waals surface area contributed by atoms with E-state index in [1.807, 2.05) is 0 Å². The number of aromatic amines is 1. The van der Waals surface area contributed by atoms with E-state index in [9.17, 15) is 4.79 Å². The van der Waals surface area contributed by atoms with Crippen molar-refractivity contribution in [1.29, 1.82) is 0 Å². The number of fused-ring (bicyclic) bond motifs is 1. The van der Waals surface area contributed by atoms with Crippen LogP contribution in [0.1, 0.15) is 0 Å². The highest BCUT2D eigenvalue weighted by molar-refractivity contribution is 6.31. The molecular weight excluding hydrogens is 240 g/mol. The molecule has 0 aliphatic carbocycles. The Balaban J connectivity index is 2.33. The van der Waals surface area contributed by atoms with Gasteiger partial charge in [-0.2, -0.15) is 5.10 Å². The van der Waals surface area contributed by atoms with Crippen molar-refractivity contribution in [3.8, 4) is 5.95 Å². The molecule has 0 amide bonds. The van der Waals surface area contributed by atoms with E-state index in [0.29, 0.717) is 21.9 Å². The summed E-state index contributed by atoms with van der Waals surface area (Å²) in [6, 6.07) is 6.71. The molecule has 0 saturated heterocycles. The number of halogens is 1. The fourth-order valence-electron chi connectivity index (χ4n) is 1.60. The number of hydrogen-bond donors (Lipinski definition) is 1. The molecule has 1 aromatic carbocycles. The van der Waals surface area contributed by atoms with E-state index in [1.165, 1.54) is 4.68 Å². The van der Waals surface area contributed by atoms with Crippen LogP contribution in [0.25, 0.3) is 16.9 Å². The summed E-state index contributed by atoms with van der Waals surface area (Å²) in [5, 5.41) is 5.06. The first-order chi connectivity index (χ1) is 8.24. The number of nitrogens with one attached hydrogen (secondary N) is 1. The molecule has 5 nitrogen and oxygen atoms in total. The first kappa shape index (κ1) is 10.0. The van der Waals surface area contributed by atoms with E-state index in [-0.39, 0.29) is 5.56 Å². The van der Waals surface area contributed by atoms with Crippen LogP contribution in [0.2, 0.25) is 5.02 Å². The summed E-state index contributed by atoms with van der Waals surface area (Å²) in [4.78, 5) is 18.8. The van der Waals surface area contributed by atoms with Gasteiger partial charge in [-0.1, -0.05) is 11.6 Å². The van der Waals surface area contributed by atoms with Crippen molar-refractivity contribution in [2.24, 2.45) is 0 Å². The van der Waals surface area contributed by atoms with Gasteiger partial charge in [0.25, 0.3) is 5.56 Å². The molecule has 0 unspecified atom stereocenters. The molecule has 2 aromatic heterocycles. The van der Waals surface area contributed by atoms with E-state index < -0.39 is 0 Å². The minimum absolute atomic E-state index is 0.211. The van der Waals surface area contributed by atoms with Gasteiger partial charge >= 0.3 is 0 Å². The Morgan fingerprint density at radius 3 is 3.00 bits per heavy atom. The van der Waals surface area contributed by atoms with Crippen molar-refractivity contribution in [3.63, 3.8) is 0 Å². The Morgan fingerprint density at radius 1 is 1.35 bits per heavy atom. The van der Waals surface area contributed by atoms with Crippen LogP contribution in [-0.4, -0.2) is 19.7 Å². The third-order valence-corrected chi connectivity index (χ3v) is 2.61. The highest BCUT2D eigenvalue weighted by atomic mass is 35.5. The minimum Gasteiger partial charge on any atom is -0.290 e. The van der Waals surface area contributed by atoms with Gasteiger partial charge in [0.15, 0.2) is 0 Å². The largest absolute Gasteiger partial charge is 0.290 e. The molecular formula is C11H7ClN4O. The number of nitrogens with zero attached hydrogens (tertiary/aromatic N) is 3. The standard InChI is InChI=1S/C11H7ClN4O/c12-7-2-3-8-9(6-7)14-11(15-10(8)17)16-5-1-4-13-16/h1-6H,(H,14,15,17). The number of H-pyrrole nitrogens is 1. The zero-order chi connectivity index (χ0) is 11.8. The van der Waals surface area contributed by atoms with Gasteiger partial charge in [-0.3, -0.25) is 9.78 Å². The van der Waals surface area contributed by atoms with Gasteiger partial charge in [0, 0.05) is 17.4 Å². The molecule has 0 spiro atoms. The van der Waals surface area contributed by atoms with Crippen LogP contribution < -0.4 is 5.56 Å². The molecule has 0 aliphatic rings. The predicted molar refractivity (Wildman–Crippen MR) is 64.5 cm³/mol. The number of aromatic nitrogens is 4. The molecule has 6 heteroatoms. The number of hydrogen-bond acceptors (Lipinski definition) is 3. The monoisotopic (exact) mass is 246 g/mol. The Bertz CT molecular complexity index is 733. The van der Waals surface area contributed by atoms with Crippen LogP contribution in [0.4, 0.5) is 0 Å². The van der Waals surface area contributed by atoms with Crippen LogP contribution in [0, 0.1) is 0 Å². The summed E-state index contributed by atoms with van der Waals surface area (Å²) in [5.41, 5.74) is 0.337. The van der Waals surface area contributed by atoms with Gasteiger partial charge in [-0.05, 0) is 24.3 Å². The van der Waals surface area contributed by atoms with Crippen LogP contribution in [-0.2, 0) is 0 Å². The van der Waals surface area contributed by atoms with Crippen molar-refractivity contribution in [1.82, 2.24) is 19.7 Å². The van der Waals surface area contributed by atoms with Crippen molar-refractivity contribution in [2.75, 3.05) is 0 Å². The second-order valence-electron chi connectivity index (χ2n) is 3.50. The third-order valence-electron chi connectivity index (χ3n) is 2.38. The quantitative estimate of drug-likeness (QED) is 0.712. The van der Waals surface area contributed by atoms with Gasteiger partial charge in [0.05, 0.1) is 10.9 Å². The normalized spacial score (nSPS) is 10.9. The lowest BCUT2D eigenvalue weighted by Crippen LogP contribution is -2.13. The molecule has 0 saturated carbocycles. The Hall–Kier alpha value is -2.14. The highest BCUT2D eigenvalue weighted by Gasteiger charge is 2.05. The van der Waals surface area contributed by atoms with Crippen LogP contribution in [0.3, 0.4) is 0 Å². The Kier molecular flexibility index (Phi) is 2.19. The van der Waals surface area contributed by atoms with Gasteiger partial charge in [-0.15, -0.1) is 0 Å². The van der Waals surface area contributed by atoms with Crippen molar-refractivity contribution in [2.45, 2.75) is 0 Å². The third kappa shape index (κ3) is 1.70. The van der Waals surface area contributed by atoms with Gasteiger partial charge in [0.1, 0.15) is 0 Å². The minimum atomic E-state index is -0.211. The summed E-state index contributed by atoms with van der Waals surface area (Å²) in [5.74, 6) is 0.370. The summed E-state index contributed by atoms with van der Waals surface area (Å²) in [6.45, 7) is 0. The number of rotatable bonds is 1. The van der Waals surface area contributed by atoms with Crippen molar-refractivity contribution >= 4 is 22.5 Å². The van der Waals surface area contributed by atoms with Gasteiger partial charge < -0.3 is 0 Å². The molecule has 0 fully saturated rings. The lowest BCUT2D eigenvalue weighted by atomic mass is 10.2. The molecule has 1 N–H and O–H groups in total. The zero-order valence-electron chi connectivity index (χ0n) is 8.59.